The molecule has 2 N–H and O–H groups in total. The molecule has 0 aliphatic rings. The van der Waals surface area contributed by atoms with E-state index in [9.17, 15) is 0 Å². The smallest absolute Gasteiger partial charge is 0.119 e. The van der Waals surface area contributed by atoms with E-state index in [4.69, 9.17) is 9.84 Å². The first-order valence-corrected chi connectivity index (χ1v) is 7.15. The number of methoxy groups -OCH3 is 1. The van der Waals surface area contributed by atoms with Crippen molar-refractivity contribution in [3.63, 3.8) is 0 Å². The summed E-state index contributed by atoms with van der Waals surface area (Å²) in [5.41, 5.74) is 2.16. The monoisotopic (exact) mass is 290 g/mol. The summed E-state index contributed by atoms with van der Waals surface area (Å²) in [7, 11) is 1.68. The number of hydrogen-bond acceptors (Lipinski definition) is 5. The van der Waals surface area contributed by atoms with Gasteiger partial charge in [0.1, 0.15) is 5.75 Å². The molecule has 0 saturated carbocycles. The van der Waals surface area contributed by atoms with Gasteiger partial charge in [-0.25, -0.2) is 0 Å². The van der Waals surface area contributed by atoms with E-state index in [1.165, 1.54) is 5.56 Å². The van der Waals surface area contributed by atoms with Gasteiger partial charge >= 0.3 is 0 Å². The van der Waals surface area contributed by atoms with Gasteiger partial charge < -0.3 is 15.2 Å². The fourth-order valence-corrected chi connectivity index (χ4v) is 2.04. The highest BCUT2D eigenvalue weighted by Crippen LogP contribution is 2.12. The second-order valence-electron chi connectivity index (χ2n) is 4.83. The molecule has 0 amide bonds. The van der Waals surface area contributed by atoms with Gasteiger partial charge in [-0.2, -0.15) is 0 Å². The quantitative estimate of drug-likeness (QED) is 0.674. The van der Waals surface area contributed by atoms with E-state index >= 15 is 0 Å². The predicted octanol–water partition coefficient (Wildman–Crippen LogP) is 1.00. The number of benzene rings is 1. The van der Waals surface area contributed by atoms with Crippen LogP contribution in [0.3, 0.4) is 0 Å². The van der Waals surface area contributed by atoms with Gasteiger partial charge in [0.05, 0.1) is 12.8 Å². The van der Waals surface area contributed by atoms with Gasteiger partial charge in [-0.15, -0.1) is 5.10 Å². The summed E-state index contributed by atoms with van der Waals surface area (Å²) < 4.78 is 6.97. The third-order valence-electron chi connectivity index (χ3n) is 3.16. The number of aliphatic hydroxyl groups excluding tert-OH is 1. The van der Waals surface area contributed by atoms with E-state index in [0.717, 1.165) is 24.4 Å². The number of ether oxygens (including phenoxy) is 1. The number of rotatable bonds is 9. The molecular formula is C15H22N4O2. The van der Waals surface area contributed by atoms with Crippen molar-refractivity contribution in [2.24, 2.45) is 0 Å². The van der Waals surface area contributed by atoms with Crippen LogP contribution in [-0.2, 0) is 19.5 Å². The van der Waals surface area contributed by atoms with Crippen molar-refractivity contribution in [2.75, 3.05) is 20.3 Å². The van der Waals surface area contributed by atoms with E-state index < -0.39 is 0 Å². The van der Waals surface area contributed by atoms with Crippen LogP contribution in [-0.4, -0.2) is 40.4 Å². The molecule has 0 aliphatic heterocycles. The highest BCUT2D eigenvalue weighted by Gasteiger charge is 2.01. The molecule has 1 aromatic carbocycles. The van der Waals surface area contributed by atoms with E-state index in [1.807, 2.05) is 24.4 Å². The average molecular weight is 290 g/mol. The number of aryl methyl sites for hydroxylation is 1. The minimum absolute atomic E-state index is 0.175. The molecule has 114 valence electrons. The Morgan fingerprint density at radius 3 is 3.10 bits per heavy atom. The molecule has 0 atom stereocenters. The summed E-state index contributed by atoms with van der Waals surface area (Å²) in [5, 5.41) is 20.2. The van der Waals surface area contributed by atoms with E-state index in [1.54, 1.807) is 11.8 Å². The number of aliphatic hydroxyl groups is 1. The molecule has 0 radical (unpaired) electrons. The lowest BCUT2D eigenvalue weighted by molar-refractivity contribution is 0.276. The molecule has 1 heterocycles. The topological polar surface area (TPSA) is 72.2 Å². The van der Waals surface area contributed by atoms with Gasteiger partial charge in [-0.05, 0) is 37.1 Å². The molecule has 0 fully saturated rings. The van der Waals surface area contributed by atoms with Crippen LogP contribution in [0.2, 0.25) is 0 Å². The lowest BCUT2D eigenvalue weighted by Gasteiger charge is -2.05. The molecule has 0 saturated heterocycles. The normalized spacial score (nSPS) is 10.8. The van der Waals surface area contributed by atoms with E-state index in [0.29, 0.717) is 19.5 Å². The number of hydrogen-bond donors (Lipinski definition) is 2. The van der Waals surface area contributed by atoms with Crippen LogP contribution in [0.4, 0.5) is 0 Å². The van der Waals surface area contributed by atoms with Crippen LogP contribution in [0.1, 0.15) is 17.7 Å². The molecule has 2 rings (SSSR count). The average Bonchev–Trinajstić information content (AvgIpc) is 2.97. The van der Waals surface area contributed by atoms with Crippen molar-refractivity contribution in [3.8, 4) is 5.75 Å². The highest BCUT2D eigenvalue weighted by molar-refractivity contribution is 5.28. The molecule has 2 aromatic rings. The Morgan fingerprint density at radius 2 is 2.29 bits per heavy atom. The van der Waals surface area contributed by atoms with Gasteiger partial charge in [-0.1, -0.05) is 17.3 Å². The molecule has 0 aliphatic carbocycles. The SMILES string of the molecule is COc1cccc(CCNCc2cn(CCCO)nn2)c1. The molecule has 6 heteroatoms. The van der Waals surface area contributed by atoms with Crippen LogP contribution in [0.15, 0.2) is 30.5 Å². The minimum atomic E-state index is 0.175. The van der Waals surface area contributed by atoms with Crippen molar-refractivity contribution < 1.29 is 9.84 Å². The summed E-state index contributed by atoms with van der Waals surface area (Å²) in [6, 6.07) is 8.09. The molecule has 0 bridgehead atoms. The second-order valence-corrected chi connectivity index (χ2v) is 4.83. The first kappa shape index (κ1) is 15.5. The van der Waals surface area contributed by atoms with Crippen LogP contribution < -0.4 is 10.1 Å². The summed E-state index contributed by atoms with van der Waals surface area (Å²) in [4.78, 5) is 0. The van der Waals surface area contributed by atoms with Crippen LogP contribution in [0.25, 0.3) is 0 Å². The maximum absolute atomic E-state index is 8.77. The summed E-state index contributed by atoms with van der Waals surface area (Å²) in [5.74, 6) is 0.888. The number of nitrogens with zero attached hydrogens (tertiary/aromatic N) is 3. The Bertz CT molecular complexity index is 542. The largest absolute Gasteiger partial charge is 0.497 e. The van der Waals surface area contributed by atoms with E-state index in [-0.39, 0.29) is 6.61 Å². The molecule has 21 heavy (non-hydrogen) atoms. The number of nitrogens with one attached hydrogen (secondary N) is 1. The first-order valence-electron chi connectivity index (χ1n) is 7.15. The van der Waals surface area contributed by atoms with Crippen molar-refractivity contribution in [1.29, 1.82) is 0 Å². The standard InChI is InChI=1S/C15H22N4O2/c1-21-15-5-2-4-13(10-15)6-7-16-11-14-12-19(18-17-14)8-3-9-20/h2,4-5,10,12,16,20H,3,6-9,11H2,1H3. The van der Waals surface area contributed by atoms with Crippen LogP contribution >= 0.6 is 0 Å². The van der Waals surface area contributed by atoms with Gasteiger partial charge in [-0.3, -0.25) is 4.68 Å². The molecule has 0 spiro atoms. The molecular weight excluding hydrogens is 268 g/mol. The van der Waals surface area contributed by atoms with Gasteiger partial charge in [0.25, 0.3) is 0 Å². The van der Waals surface area contributed by atoms with Gasteiger partial charge in [0.15, 0.2) is 0 Å². The van der Waals surface area contributed by atoms with Gasteiger partial charge in [0, 0.05) is 25.9 Å². The van der Waals surface area contributed by atoms with Crippen molar-refractivity contribution in [1.82, 2.24) is 20.3 Å². The summed E-state index contributed by atoms with van der Waals surface area (Å²) >= 11 is 0. The molecule has 0 unspecified atom stereocenters. The summed E-state index contributed by atoms with van der Waals surface area (Å²) in [6.07, 6.45) is 3.55. The molecule has 1 aromatic heterocycles. The minimum Gasteiger partial charge on any atom is -0.497 e. The lowest BCUT2D eigenvalue weighted by Crippen LogP contribution is -2.17. The lowest BCUT2D eigenvalue weighted by atomic mass is 10.1. The third-order valence-corrected chi connectivity index (χ3v) is 3.16. The Morgan fingerprint density at radius 1 is 1.38 bits per heavy atom. The van der Waals surface area contributed by atoms with E-state index in [2.05, 4.69) is 21.7 Å². The Kier molecular flexibility index (Phi) is 6.18. The van der Waals surface area contributed by atoms with Gasteiger partial charge in [0.2, 0.25) is 0 Å². The summed E-state index contributed by atoms with van der Waals surface area (Å²) in [6.45, 7) is 2.45. The maximum Gasteiger partial charge on any atom is 0.119 e. The Hall–Kier alpha value is -1.92. The number of aromatic nitrogens is 3. The van der Waals surface area contributed by atoms with Crippen LogP contribution in [0, 0.1) is 0 Å². The van der Waals surface area contributed by atoms with Crippen molar-refractivity contribution in [2.45, 2.75) is 25.9 Å². The zero-order valence-corrected chi connectivity index (χ0v) is 12.3. The second kappa shape index (κ2) is 8.39. The van der Waals surface area contributed by atoms with Crippen molar-refractivity contribution >= 4 is 0 Å². The van der Waals surface area contributed by atoms with Crippen LogP contribution in [0.5, 0.6) is 5.75 Å². The zero-order valence-electron chi connectivity index (χ0n) is 12.3. The zero-order chi connectivity index (χ0) is 14.9. The fraction of sp³-hybridized carbons (Fsp3) is 0.467. The maximum atomic E-state index is 8.77. The predicted molar refractivity (Wildman–Crippen MR) is 80.1 cm³/mol. The Labute approximate surface area is 124 Å². The first-order chi connectivity index (χ1) is 10.3. The fourth-order valence-electron chi connectivity index (χ4n) is 2.04. The van der Waals surface area contributed by atoms with Crippen molar-refractivity contribution in [3.05, 3.63) is 41.7 Å². The highest BCUT2D eigenvalue weighted by atomic mass is 16.5. The molecule has 6 nitrogen and oxygen atoms in total. The third kappa shape index (κ3) is 5.17. The Balaban J connectivity index is 1.70.